The Labute approximate surface area is 73.8 Å². The Hall–Kier alpha value is -1.17. The summed E-state index contributed by atoms with van der Waals surface area (Å²) >= 11 is 0. The van der Waals surface area contributed by atoms with Crippen molar-refractivity contribution in [3.63, 3.8) is 0 Å². The Kier molecular flexibility index (Phi) is 3.18. The van der Waals surface area contributed by atoms with E-state index in [2.05, 4.69) is 4.94 Å². The zero-order valence-corrected chi connectivity index (χ0v) is 6.87. The normalized spacial score (nSPS) is 23.5. The first kappa shape index (κ1) is 9.91. The van der Waals surface area contributed by atoms with Crippen molar-refractivity contribution < 1.29 is 18.7 Å². The first-order chi connectivity index (χ1) is 6.19. The lowest BCUT2D eigenvalue weighted by atomic mass is 10.3. The number of rotatable bonds is 2. The molecular formula is C7H10F2N2O2. The summed E-state index contributed by atoms with van der Waals surface area (Å²) in [7, 11) is 0. The van der Waals surface area contributed by atoms with E-state index >= 15 is 0 Å². The largest absolute Gasteiger partial charge is 0.397 e. The summed E-state index contributed by atoms with van der Waals surface area (Å²) in [4.78, 5) is 14.9. The van der Waals surface area contributed by atoms with E-state index in [0.717, 1.165) is 0 Å². The maximum atomic E-state index is 12.2. The molecule has 74 valence electrons. The minimum absolute atomic E-state index is 0.0277. The Bertz CT molecular complexity index is 233. The van der Waals surface area contributed by atoms with E-state index in [9.17, 15) is 13.7 Å². The van der Waals surface area contributed by atoms with Gasteiger partial charge in [0.2, 0.25) is 0 Å². The van der Waals surface area contributed by atoms with Crippen LogP contribution in [0.3, 0.4) is 0 Å². The fourth-order valence-electron chi connectivity index (χ4n) is 1.29. The molecule has 4 nitrogen and oxygen atoms in total. The van der Waals surface area contributed by atoms with Gasteiger partial charge >= 0.3 is 5.97 Å². The topological polar surface area (TPSA) is 55.6 Å². The van der Waals surface area contributed by atoms with E-state index < -0.39 is 11.7 Å². The number of likely N-dealkylation sites (tertiary alicyclic amines) is 1. The van der Waals surface area contributed by atoms with Gasteiger partial charge in [-0.2, -0.15) is 0 Å². The first-order valence-electron chi connectivity index (χ1n) is 3.83. The molecule has 1 atom stereocenters. The van der Waals surface area contributed by atoms with Crippen molar-refractivity contribution in [2.45, 2.75) is 12.5 Å². The van der Waals surface area contributed by atoms with E-state index in [0.29, 0.717) is 19.5 Å². The molecule has 1 aliphatic heterocycles. The van der Waals surface area contributed by atoms with Crippen LogP contribution in [0.15, 0.2) is 12.0 Å². The zero-order chi connectivity index (χ0) is 9.84. The summed E-state index contributed by atoms with van der Waals surface area (Å²) in [6, 6.07) is -0.109. The molecule has 0 aromatic rings. The number of carbonyl (C=O) groups excluding carboxylic acids is 1. The number of nitrogens with zero attached hydrogens (tertiary/aromatic N) is 1. The third-order valence-corrected chi connectivity index (χ3v) is 1.95. The maximum absolute atomic E-state index is 12.2. The minimum atomic E-state index is -1.32. The van der Waals surface area contributed by atoms with Gasteiger partial charge in [0.25, 0.3) is 0 Å². The second-order valence-electron chi connectivity index (χ2n) is 2.85. The number of hydrogen-bond donors (Lipinski definition) is 1. The monoisotopic (exact) mass is 192 g/mol. The quantitative estimate of drug-likeness (QED) is 0.637. The van der Waals surface area contributed by atoms with Crippen molar-refractivity contribution in [3.05, 3.63) is 12.0 Å². The first-order valence-corrected chi connectivity index (χ1v) is 3.83. The predicted octanol–water partition coefficient (Wildman–Crippen LogP) is 0.258. The molecule has 0 aromatic carbocycles. The highest BCUT2D eigenvalue weighted by Gasteiger charge is 2.26. The molecule has 0 saturated carbocycles. The SMILES string of the molecule is N[C@@H]1CCN(C(=CF)C(=O)OF)C1. The molecule has 0 bridgehead atoms. The molecule has 0 aromatic heterocycles. The van der Waals surface area contributed by atoms with E-state index in [-0.39, 0.29) is 12.4 Å². The summed E-state index contributed by atoms with van der Waals surface area (Å²) in [5.41, 5.74) is 5.10. The minimum Gasteiger partial charge on any atom is -0.362 e. The summed E-state index contributed by atoms with van der Waals surface area (Å²) < 4.78 is 23.6. The van der Waals surface area contributed by atoms with Crippen LogP contribution in [0.1, 0.15) is 6.42 Å². The van der Waals surface area contributed by atoms with Gasteiger partial charge in [0.15, 0.2) is 5.70 Å². The Morgan fingerprint density at radius 1 is 1.69 bits per heavy atom. The highest BCUT2D eigenvalue weighted by atomic mass is 19.3. The van der Waals surface area contributed by atoms with Crippen LogP contribution in [0.5, 0.6) is 0 Å². The van der Waals surface area contributed by atoms with Crippen LogP contribution in [0.4, 0.5) is 8.92 Å². The third kappa shape index (κ3) is 2.15. The van der Waals surface area contributed by atoms with Crippen LogP contribution in [0.25, 0.3) is 0 Å². The number of halogens is 2. The fraction of sp³-hybridized carbons (Fsp3) is 0.571. The van der Waals surface area contributed by atoms with Crippen molar-refractivity contribution in [2.24, 2.45) is 5.73 Å². The van der Waals surface area contributed by atoms with Crippen molar-refractivity contribution in [2.75, 3.05) is 13.1 Å². The average molecular weight is 192 g/mol. The van der Waals surface area contributed by atoms with Crippen molar-refractivity contribution in [3.8, 4) is 0 Å². The fourth-order valence-corrected chi connectivity index (χ4v) is 1.29. The van der Waals surface area contributed by atoms with E-state index in [4.69, 9.17) is 5.73 Å². The van der Waals surface area contributed by atoms with Gasteiger partial charge in [0.05, 0.1) is 0 Å². The molecule has 0 aliphatic carbocycles. The van der Waals surface area contributed by atoms with Crippen LogP contribution in [0.2, 0.25) is 0 Å². The Morgan fingerprint density at radius 3 is 2.77 bits per heavy atom. The van der Waals surface area contributed by atoms with Crippen LogP contribution >= 0.6 is 0 Å². The Morgan fingerprint density at radius 2 is 2.38 bits per heavy atom. The maximum Gasteiger partial charge on any atom is 0.397 e. The third-order valence-electron chi connectivity index (χ3n) is 1.95. The van der Waals surface area contributed by atoms with Gasteiger partial charge < -0.3 is 10.6 Å². The molecule has 13 heavy (non-hydrogen) atoms. The number of hydrogen-bond acceptors (Lipinski definition) is 4. The standard InChI is InChI=1S/C7H10F2N2O2/c8-3-6(7(12)13-9)11-2-1-5(10)4-11/h3,5H,1-2,4,10H2/t5-/m1/s1. The molecule has 0 radical (unpaired) electrons. The number of carbonyl (C=O) groups is 1. The van der Waals surface area contributed by atoms with Gasteiger partial charge in [-0.15, -0.1) is 0 Å². The second-order valence-corrected chi connectivity index (χ2v) is 2.85. The average Bonchev–Trinajstić information content (AvgIpc) is 2.53. The molecule has 1 heterocycles. The highest BCUT2D eigenvalue weighted by molar-refractivity contribution is 5.87. The van der Waals surface area contributed by atoms with E-state index in [1.807, 2.05) is 0 Å². The molecular weight excluding hydrogens is 182 g/mol. The highest BCUT2D eigenvalue weighted by Crippen LogP contribution is 2.15. The number of nitrogens with two attached hydrogens (primary N) is 1. The molecule has 0 spiro atoms. The van der Waals surface area contributed by atoms with Gasteiger partial charge in [-0.25, -0.2) is 14.1 Å². The summed E-state index contributed by atoms with van der Waals surface area (Å²) in [5.74, 6) is -1.32. The van der Waals surface area contributed by atoms with Crippen LogP contribution in [-0.2, 0) is 9.74 Å². The summed E-state index contributed by atoms with van der Waals surface area (Å²) in [6.07, 6.45) is 0.677. The lowest BCUT2D eigenvalue weighted by Crippen LogP contribution is -2.29. The summed E-state index contributed by atoms with van der Waals surface area (Å²) in [5, 5.41) is 0. The second kappa shape index (κ2) is 4.18. The van der Waals surface area contributed by atoms with Crippen LogP contribution in [0, 0.1) is 0 Å². The Balaban J connectivity index is 2.63. The van der Waals surface area contributed by atoms with Gasteiger partial charge in [-0.1, -0.05) is 0 Å². The van der Waals surface area contributed by atoms with Gasteiger partial charge in [0.1, 0.15) is 6.33 Å². The molecule has 1 rings (SSSR count). The molecule has 1 fully saturated rings. The smallest absolute Gasteiger partial charge is 0.362 e. The van der Waals surface area contributed by atoms with Crippen molar-refractivity contribution >= 4 is 5.97 Å². The lowest BCUT2D eigenvalue weighted by molar-refractivity contribution is -0.180. The van der Waals surface area contributed by atoms with E-state index in [1.165, 1.54) is 4.90 Å². The van der Waals surface area contributed by atoms with Crippen molar-refractivity contribution in [1.82, 2.24) is 4.90 Å². The van der Waals surface area contributed by atoms with Crippen molar-refractivity contribution in [1.29, 1.82) is 0 Å². The molecule has 2 N–H and O–H groups in total. The molecule has 1 saturated heterocycles. The van der Waals surface area contributed by atoms with Gasteiger partial charge in [0, 0.05) is 23.7 Å². The summed E-state index contributed by atoms with van der Waals surface area (Å²) in [6.45, 7) is 0.775. The van der Waals surface area contributed by atoms with Gasteiger partial charge in [-0.3, -0.25) is 0 Å². The van der Waals surface area contributed by atoms with Crippen LogP contribution < -0.4 is 5.73 Å². The molecule has 0 unspecified atom stereocenters. The zero-order valence-electron chi connectivity index (χ0n) is 6.87. The van der Waals surface area contributed by atoms with Crippen LogP contribution in [-0.4, -0.2) is 30.0 Å². The predicted molar refractivity (Wildman–Crippen MR) is 40.6 cm³/mol. The molecule has 6 heteroatoms. The molecule has 1 aliphatic rings. The van der Waals surface area contributed by atoms with E-state index in [1.54, 1.807) is 0 Å². The molecule has 0 amide bonds. The van der Waals surface area contributed by atoms with Gasteiger partial charge in [-0.05, 0) is 6.42 Å². The lowest BCUT2D eigenvalue weighted by Gasteiger charge is -2.16.